The van der Waals surface area contributed by atoms with Gasteiger partial charge >= 0.3 is 0 Å². The van der Waals surface area contributed by atoms with Crippen LogP contribution in [0.5, 0.6) is 0 Å². The monoisotopic (exact) mass is 830 g/mol. The third-order valence-corrected chi connectivity index (χ3v) is 12.9. The number of hydrogen-bond donors (Lipinski definition) is 0. The van der Waals surface area contributed by atoms with Gasteiger partial charge in [0.05, 0.1) is 0 Å². The van der Waals surface area contributed by atoms with E-state index >= 15 is 0 Å². The van der Waals surface area contributed by atoms with Crippen molar-refractivity contribution in [3.63, 3.8) is 0 Å². The maximum absolute atomic E-state index is 6.51. The first kappa shape index (κ1) is 38.1. The Kier molecular flexibility index (Phi) is 9.80. The Morgan fingerprint density at radius 2 is 0.746 bits per heavy atom. The SMILES string of the molecule is C/C=C\C.c1ccc(N(c2ccccc2)c2cccc(N(c3ccc4oc5ccc(-c6ccc7oc8ccccc8c7c6)cc5c4c3)c3ccc4sc5ccccc5c4c3)c2)cc1. The van der Waals surface area contributed by atoms with E-state index in [9.17, 15) is 0 Å². The lowest BCUT2D eigenvalue weighted by Crippen LogP contribution is -2.13. The standard InChI is InChI=1S/C54H34N2O2S.C4H8/c1-3-12-37(13-4-1)55(38-14-5-2-6-15-38)39-16-11-17-40(32-39)56(42-25-29-54-48(34-42)44-19-8-10-21-53(44)59-54)41-24-28-52-47(33-41)46-31-36(23-27-51(46)58-52)35-22-26-50-45(30-35)43-18-7-9-20-49(43)57-50;1-3-4-2/h1-34H;3-4H,1-2H3/b;4-3-. The van der Waals surface area contributed by atoms with Crippen LogP contribution in [0.15, 0.2) is 227 Å². The van der Waals surface area contributed by atoms with E-state index in [2.05, 4.69) is 204 Å². The molecule has 0 unspecified atom stereocenters. The van der Waals surface area contributed by atoms with Gasteiger partial charge in [0.15, 0.2) is 0 Å². The van der Waals surface area contributed by atoms with Crippen LogP contribution in [-0.2, 0) is 0 Å². The summed E-state index contributed by atoms with van der Waals surface area (Å²) >= 11 is 1.84. The number of allylic oxidation sites excluding steroid dienone is 2. The van der Waals surface area contributed by atoms with Crippen LogP contribution in [0.2, 0.25) is 0 Å². The lowest BCUT2D eigenvalue weighted by Gasteiger charge is -2.29. The fourth-order valence-corrected chi connectivity index (χ4v) is 9.75. The molecule has 3 heterocycles. The Hall–Kier alpha value is -7.86. The number of thiophene rings is 1. The van der Waals surface area contributed by atoms with Crippen LogP contribution >= 0.6 is 11.3 Å². The summed E-state index contributed by atoms with van der Waals surface area (Å²) in [5.74, 6) is 0. The van der Waals surface area contributed by atoms with Gasteiger partial charge in [-0.2, -0.15) is 0 Å². The van der Waals surface area contributed by atoms with Gasteiger partial charge in [-0.1, -0.05) is 103 Å². The summed E-state index contributed by atoms with van der Waals surface area (Å²) in [7, 11) is 0. The van der Waals surface area contributed by atoms with Gasteiger partial charge in [-0.05, 0) is 140 Å². The average Bonchev–Trinajstić information content (AvgIpc) is 4.03. The van der Waals surface area contributed by atoms with Gasteiger partial charge in [-0.15, -0.1) is 11.3 Å². The summed E-state index contributed by atoms with van der Waals surface area (Å²) < 4.78 is 15.2. The van der Waals surface area contributed by atoms with Crippen LogP contribution in [0.25, 0.3) is 75.2 Å². The van der Waals surface area contributed by atoms with Gasteiger partial charge < -0.3 is 18.6 Å². The van der Waals surface area contributed by atoms with Crippen molar-refractivity contribution < 1.29 is 8.83 Å². The Bertz CT molecular complexity index is 3570. The van der Waals surface area contributed by atoms with Crippen molar-refractivity contribution >= 4 is 110 Å². The van der Waals surface area contributed by atoms with Crippen LogP contribution in [-0.4, -0.2) is 0 Å². The van der Waals surface area contributed by atoms with Gasteiger partial charge in [0, 0.05) is 75.8 Å². The van der Waals surface area contributed by atoms with E-state index in [0.29, 0.717) is 0 Å². The molecule has 9 aromatic carbocycles. The molecule has 0 fully saturated rings. The van der Waals surface area contributed by atoms with Crippen LogP contribution < -0.4 is 9.80 Å². The third-order valence-electron chi connectivity index (χ3n) is 11.7. The number of fused-ring (bicyclic) bond motifs is 9. The van der Waals surface area contributed by atoms with E-state index in [1.807, 2.05) is 49.5 Å². The number of para-hydroxylation sites is 3. The van der Waals surface area contributed by atoms with E-state index in [1.165, 1.54) is 20.2 Å². The molecular formula is C58H42N2O2S. The summed E-state index contributed by atoms with van der Waals surface area (Å²) in [4.78, 5) is 4.69. The fraction of sp³-hybridized carbons (Fsp3) is 0.0345. The van der Waals surface area contributed by atoms with E-state index in [1.54, 1.807) is 0 Å². The molecule has 0 bridgehead atoms. The van der Waals surface area contributed by atoms with Crippen molar-refractivity contribution in [2.45, 2.75) is 13.8 Å². The second kappa shape index (κ2) is 16.2. The second-order valence-corrected chi connectivity index (χ2v) is 16.7. The summed E-state index contributed by atoms with van der Waals surface area (Å²) in [6.45, 7) is 4.00. The van der Waals surface area contributed by atoms with Gasteiger partial charge in [0.2, 0.25) is 0 Å². The molecule has 12 aromatic rings. The molecule has 12 rings (SSSR count). The van der Waals surface area contributed by atoms with Crippen molar-refractivity contribution in [1.82, 2.24) is 0 Å². The predicted octanol–water partition coefficient (Wildman–Crippen LogP) is 18.0. The van der Waals surface area contributed by atoms with Gasteiger partial charge in [-0.25, -0.2) is 0 Å². The molecule has 302 valence electrons. The van der Waals surface area contributed by atoms with Gasteiger partial charge in [-0.3, -0.25) is 0 Å². The maximum atomic E-state index is 6.51. The van der Waals surface area contributed by atoms with E-state index < -0.39 is 0 Å². The van der Waals surface area contributed by atoms with Crippen LogP contribution in [0.1, 0.15) is 13.8 Å². The lowest BCUT2D eigenvalue weighted by molar-refractivity contribution is 0.668. The molecule has 0 aliphatic rings. The number of hydrogen-bond acceptors (Lipinski definition) is 5. The molecule has 5 heteroatoms. The smallest absolute Gasteiger partial charge is 0.135 e. The van der Waals surface area contributed by atoms with Gasteiger partial charge in [0.1, 0.15) is 22.3 Å². The Morgan fingerprint density at radius 1 is 0.317 bits per heavy atom. The molecule has 0 spiro atoms. The molecule has 0 atom stereocenters. The minimum Gasteiger partial charge on any atom is -0.456 e. The Balaban J connectivity index is 0.00000107. The number of anilines is 6. The highest BCUT2D eigenvalue weighted by molar-refractivity contribution is 7.25. The first-order valence-electron chi connectivity index (χ1n) is 21.3. The summed E-state index contributed by atoms with van der Waals surface area (Å²) in [6.07, 6.45) is 4.00. The molecule has 0 aliphatic carbocycles. The zero-order chi connectivity index (χ0) is 42.3. The Morgan fingerprint density at radius 3 is 1.38 bits per heavy atom. The van der Waals surface area contributed by atoms with Crippen molar-refractivity contribution in [2.24, 2.45) is 0 Å². The second-order valence-electron chi connectivity index (χ2n) is 15.6. The largest absolute Gasteiger partial charge is 0.456 e. The average molecular weight is 831 g/mol. The molecular weight excluding hydrogens is 789 g/mol. The van der Waals surface area contributed by atoms with Crippen LogP contribution in [0.4, 0.5) is 34.1 Å². The number of benzene rings is 9. The predicted molar refractivity (Wildman–Crippen MR) is 269 cm³/mol. The van der Waals surface area contributed by atoms with Crippen LogP contribution in [0, 0.1) is 0 Å². The van der Waals surface area contributed by atoms with Crippen LogP contribution in [0.3, 0.4) is 0 Å². The zero-order valence-electron chi connectivity index (χ0n) is 34.9. The molecule has 0 amide bonds. The summed E-state index contributed by atoms with van der Waals surface area (Å²) in [5.41, 5.74) is 12.2. The lowest BCUT2D eigenvalue weighted by atomic mass is 10.0. The highest BCUT2D eigenvalue weighted by Crippen LogP contribution is 2.45. The highest BCUT2D eigenvalue weighted by Gasteiger charge is 2.20. The van der Waals surface area contributed by atoms with Crippen molar-refractivity contribution in [2.75, 3.05) is 9.80 Å². The minimum atomic E-state index is 0.851. The summed E-state index contributed by atoms with van der Waals surface area (Å²) in [5, 5.41) is 6.90. The first-order chi connectivity index (χ1) is 31.1. The minimum absolute atomic E-state index is 0.851. The number of furan rings is 2. The van der Waals surface area contributed by atoms with Crippen molar-refractivity contribution in [3.05, 3.63) is 218 Å². The molecule has 0 aliphatic heterocycles. The van der Waals surface area contributed by atoms with E-state index in [-0.39, 0.29) is 0 Å². The first-order valence-corrected chi connectivity index (χ1v) is 22.1. The number of rotatable bonds is 7. The molecule has 0 saturated carbocycles. The number of nitrogens with zero attached hydrogens (tertiary/aromatic N) is 2. The van der Waals surface area contributed by atoms with E-state index in [4.69, 9.17) is 8.83 Å². The molecule has 3 aromatic heterocycles. The van der Waals surface area contributed by atoms with Crippen molar-refractivity contribution in [1.29, 1.82) is 0 Å². The van der Waals surface area contributed by atoms with E-state index in [0.717, 1.165) is 89.1 Å². The molecule has 0 saturated heterocycles. The fourth-order valence-electron chi connectivity index (χ4n) is 8.66. The molecule has 0 N–H and O–H groups in total. The van der Waals surface area contributed by atoms with Gasteiger partial charge in [0.25, 0.3) is 0 Å². The highest BCUT2D eigenvalue weighted by atomic mass is 32.1. The normalized spacial score (nSPS) is 11.6. The summed E-state index contributed by atoms with van der Waals surface area (Å²) in [6, 6.07) is 73.3. The topological polar surface area (TPSA) is 32.8 Å². The molecule has 63 heavy (non-hydrogen) atoms. The zero-order valence-corrected chi connectivity index (χ0v) is 35.7. The third kappa shape index (κ3) is 6.99. The maximum Gasteiger partial charge on any atom is 0.135 e. The Labute approximate surface area is 369 Å². The quantitative estimate of drug-likeness (QED) is 0.150. The molecule has 0 radical (unpaired) electrons. The van der Waals surface area contributed by atoms with Crippen molar-refractivity contribution in [3.8, 4) is 11.1 Å². The molecule has 4 nitrogen and oxygen atoms in total.